The van der Waals surface area contributed by atoms with Gasteiger partial charge < -0.3 is 10.6 Å². The number of hydrogen-bond acceptors (Lipinski definition) is 6. The lowest BCUT2D eigenvalue weighted by Crippen LogP contribution is -2.26. The maximum absolute atomic E-state index is 13.2. The zero-order valence-electron chi connectivity index (χ0n) is 19.2. The Labute approximate surface area is 205 Å². The highest BCUT2D eigenvalue weighted by molar-refractivity contribution is 6.11. The van der Waals surface area contributed by atoms with Crippen LogP contribution in [0.1, 0.15) is 23.5 Å². The van der Waals surface area contributed by atoms with E-state index in [1.165, 1.54) is 22.0 Å². The van der Waals surface area contributed by atoms with E-state index in [2.05, 4.69) is 25.8 Å². The van der Waals surface area contributed by atoms with Crippen molar-refractivity contribution in [3.05, 3.63) is 108 Å². The quantitative estimate of drug-likeness (QED) is 0.385. The van der Waals surface area contributed by atoms with Crippen LogP contribution < -0.4 is 16.2 Å². The van der Waals surface area contributed by atoms with E-state index in [9.17, 15) is 14.4 Å². The summed E-state index contributed by atoms with van der Waals surface area (Å²) in [6.07, 6.45) is 2.84. The van der Waals surface area contributed by atoms with E-state index >= 15 is 0 Å². The summed E-state index contributed by atoms with van der Waals surface area (Å²) >= 11 is 0. The molecule has 0 radical (unpaired) electrons. The van der Waals surface area contributed by atoms with Crippen molar-refractivity contribution < 1.29 is 9.59 Å². The third kappa shape index (κ3) is 4.47. The fourth-order valence-corrected chi connectivity index (χ4v) is 3.71. The van der Waals surface area contributed by atoms with Gasteiger partial charge in [-0.25, -0.2) is 9.67 Å². The molecule has 0 bridgehead atoms. The second kappa shape index (κ2) is 9.63. The summed E-state index contributed by atoms with van der Waals surface area (Å²) in [6.45, 7) is 1.71. The number of nitrogens with one attached hydrogen (secondary N) is 2. The van der Waals surface area contributed by atoms with Gasteiger partial charge in [0.15, 0.2) is 5.69 Å². The summed E-state index contributed by atoms with van der Waals surface area (Å²) in [7, 11) is 0. The fraction of sp³-hybridized carbons (Fsp3) is 0.0769. The summed E-state index contributed by atoms with van der Waals surface area (Å²) in [5.41, 5.74) is 1.43. The van der Waals surface area contributed by atoms with Crippen molar-refractivity contribution in [2.24, 2.45) is 0 Å². The number of benzene rings is 3. The number of para-hydroxylation sites is 1. The molecule has 1 atom stereocenters. The average Bonchev–Trinajstić information content (AvgIpc) is 3.45. The Balaban J connectivity index is 1.38. The van der Waals surface area contributed by atoms with Crippen molar-refractivity contribution in [3.63, 3.8) is 0 Å². The molecule has 0 aliphatic carbocycles. The number of amides is 2. The minimum absolute atomic E-state index is 0.119. The predicted octanol–water partition coefficient (Wildman–Crippen LogP) is 3.43. The van der Waals surface area contributed by atoms with Crippen molar-refractivity contribution in [2.45, 2.75) is 13.0 Å². The molecule has 2 heterocycles. The first kappa shape index (κ1) is 22.7. The first-order valence-corrected chi connectivity index (χ1v) is 11.1. The molecule has 0 aliphatic heterocycles. The van der Waals surface area contributed by atoms with Crippen molar-refractivity contribution in [2.75, 3.05) is 10.6 Å². The van der Waals surface area contributed by atoms with Gasteiger partial charge in [-0.3, -0.25) is 14.4 Å². The van der Waals surface area contributed by atoms with Crippen LogP contribution in [0.2, 0.25) is 0 Å². The van der Waals surface area contributed by atoms with Crippen molar-refractivity contribution in [3.8, 4) is 5.69 Å². The fourth-order valence-electron chi connectivity index (χ4n) is 3.71. The second-order valence-corrected chi connectivity index (χ2v) is 8.02. The maximum atomic E-state index is 13.2. The lowest BCUT2D eigenvalue weighted by molar-refractivity contribution is -0.119. The molecule has 0 spiro atoms. The van der Waals surface area contributed by atoms with Crippen LogP contribution in [0.4, 0.5) is 11.4 Å². The Morgan fingerprint density at radius 1 is 0.833 bits per heavy atom. The van der Waals surface area contributed by atoms with Gasteiger partial charge in [0.1, 0.15) is 18.7 Å². The highest BCUT2D eigenvalue weighted by Crippen LogP contribution is 2.19. The third-order valence-electron chi connectivity index (χ3n) is 5.64. The zero-order valence-corrected chi connectivity index (χ0v) is 19.2. The summed E-state index contributed by atoms with van der Waals surface area (Å²) in [4.78, 5) is 42.6. The molecule has 2 N–H and O–H groups in total. The summed E-state index contributed by atoms with van der Waals surface area (Å²) in [5.74, 6) is -0.719. The number of anilines is 2. The van der Waals surface area contributed by atoms with Crippen LogP contribution in [0.3, 0.4) is 0 Å². The van der Waals surface area contributed by atoms with E-state index in [4.69, 9.17) is 0 Å². The molecule has 0 saturated heterocycles. The number of carbonyl (C=O) groups excluding carboxylic acids is 2. The monoisotopic (exact) mass is 479 g/mol. The number of hydrogen-bond donors (Lipinski definition) is 2. The second-order valence-electron chi connectivity index (χ2n) is 8.02. The Morgan fingerprint density at radius 2 is 1.47 bits per heavy atom. The highest BCUT2D eigenvalue weighted by atomic mass is 16.2. The number of rotatable bonds is 6. The van der Waals surface area contributed by atoms with Gasteiger partial charge in [0.2, 0.25) is 5.91 Å². The van der Waals surface area contributed by atoms with Gasteiger partial charge in [-0.1, -0.05) is 36.4 Å². The van der Waals surface area contributed by atoms with E-state index in [1.54, 1.807) is 79.7 Å². The number of carbonyl (C=O) groups is 2. The molecule has 3 aromatic carbocycles. The molecule has 10 heteroatoms. The van der Waals surface area contributed by atoms with E-state index < -0.39 is 11.9 Å². The van der Waals surface area contributed by atoms with Gasteiger partial charge in [0.25, 0.3) is 11.5 Å². The van der Waals surface area contributed by atoms with Crippen LogP contribution in [-0.4, -0.2) is 36.4 Å². The van der Waals surface area contributed by atoms with Crippen molar-refractivity contribution in [1.29, 1.82) is 0 Å². The number of aromatic nitrogens is 5. The van der Waals surface area contributed by atoms with Crippen LogP contribution in [0.15, 0.2) is 96.3 Å². The standard InChI is InChI=1S/C26H21N7O3/c1-17(32-16-27-15-28-32)24(34)29-18-11-13-19(14-12-18)30-25(35)23-21-9-5-6-10-22(21)26(36)33(31-23)20-7-3-2-4-8-20/h2-17H,1H3,(H,29,34)(H,30,35). The lowest BCUT2D eigenvalue weighted by Gasteiger charge is -2.13. The Bertz CT molecular complexity index is 1600. The summed E-state index contributed by atoms with van der Waals surface area (Å²) < 4.78 is 2.68. The highest BCUT2D eigenvalue weighted by Gasteiger charge is 2.18. The first-order chi connectivity index (χ1) is 17.5. The van der Waals surface area contributed by atoms with E-state index in [0.29, 0.717) is 27.8 Å². The van der Waals surface area contributed by atoms with Gasteiger partial charge >= 0.3 is 0 Å². The van der Waals surface area contributed by atoms with Crippen LogP contribution in [0, 0.1) is 0 Å². The number of fused-ring (bicyclic) bond motifs is 1. The topological polar surface area (TPSA) is 124 Å². The minimum Gasteiger partial charge on any atom is -0.324 e. The smallest absolute Gasteiger partial charge is 0.279 e. The molecule has 36 heavy (non-hydrogen) atoms. The van der Waals surface area contributed by atoms with Crippen LogP contribution >= 0.6 is 0 Å². The van der Waals surface area contributed by atoms with Crippen LogP contribution in [0.25, 0.3) is 16.5 Å². The van der Waals surface area contributed by atoms with E-state index in [0.717, 1.165) is 0 Å². The van der Waals surface area contributed by atoms with Crippen molar-refractivity contribution in [1.82, 2.24) is 24.5 Å². The molecule has 2 amide bonds. The molecular weight excluding hydrogens is 458 g/mol. The molecule has 1 unspecified atom stereocenters. The van der Waals surface area contributed by atoms with Crippen molar-refractivity contribution >= 4 is 34.0 Å². The third-order valence-corrected chi connectivity index (χ3v) is 5.64. The molecule has 2 aromatic heterocycles. The SMILES string of the molecule is CC(C(=O)Nc1ccc(NC(=O)c2nn(-c3ccccc3)c(=O)c3ccccc23)cc1)n1cncn1. The van der Waals surface area contributed by atoms with E-state index in [1.807, 2.05) is 6.07 Å². The van der Waals surface area contributed by atoms with Gasteiger partial charge in [-0.15, -0.1) is 0 Å². The lowest BCUT2D eigenvalue weighted by atomic mass is 10.1. The predicted molar refractivity (Wildman–Crippen MR) is 135 cm³/mol. The Morgan fingerprint density at radius 3 is 2.14 bits per heavy atom. The molecular formula is C26H21N7O3. The van der Waals surface area contributed by atoms with Gasteiger partial charge in [-0.2, -0.15) is 14.9 Å². The largest absolute Gasteiger partial charge is 0.324 e. The number of nitrogens with zero attached hydrogens (tertiary/aromatic N) is 5. The van der Waals surface area contributed by atoms with Gasteiger partial charge in [-0.05, 0) is 49.4 Å². The van der Waals surface area contributed by atoms with E-state index in [-0.39, 0.29) is 17.2 Å². The summed E-state index contributed by atoms with van der Waals surface area (Å²) in [5, 5.41) is 14.8. The molecule has 5 aromatic rings. The van der Waals surface area contributed by atoms with Crippen LogP contribution in [0.5, 0.6) is 0 Å². The maximum Gasteiger partial charge on any atom is 0.279 e. The average molecular weight is 480 g/mol. The normalized spacial score (nSPS) is 11.7. The molecule has 0 fully saturated rings. The molecule has 0 saturated carbocycles. The molecule has 0 aliphatic rings. The molecule has 5 rings (SSSR count). The van der Waals surface area contributed by atoms with Gasteiger partial charge in [0, 0.05) is 16.8 Å². The first-order valence-electron chi connectivity index (χ1n) is 11.1. The Kier molecular flexibility index (Phi) is 6.06. The van der Waals surface area contributed by atoms with Gasteiger partial charge in [0.05, 0.1) is 11.1 Å². The Hall–Kier alpha value is -5.12. The summed E-state index contributed by atoms with van der Waals surface area (Å²) in [6, 6.07) is 22.0. The van der Waals surface area contributed by atoms with Crippen LogP contribution in [-0.2, 0) is 4.79 Å². The minimum atomic E-state index is -0.536. The molecule has 10 nitrogen and oxygen atoms in total. The zero-order chi connectivity index (χ0) is 25.1. The molecule has 178 valence electrons.